The standard InChI is InChI=1S/C17H18N4O3S2/c1-11-15(25-9-8-18)26-16(19-11)21-14(22)13(20-17(23)24-2)10-12-6-4-3-5-7-12/h3-7,13H,9-10H2,1-2H3,(H,20,23)(H,19,21,22). The first-order valence-electron chi connectivity index (χ1n) is 7.70. The van der Waals surface area contributed by atoms with E-state index in [1.807, 2.05) is 37.3 Å². The van der Waals surface area contributed by atoms with Gasteiger partial charge in [0.2, 0.25) is 5.91 Å². The summed E-state index contributed by atoms with van der Waals surface area (Å²) in [6.07, 6.45) is -0.357. The second-order valence-corrected chi connectivity index (χ2v) is 7.45. The highest BCUT2D eigenvalue weighted by Crippen LogP contribution is 2.31. The predicted octanol–water partition coefficient (Wildman–Crippen LogP) is 2.97. The van der Waals surface area contributed by atoms with Crippen molar-refractivity contribution in [3.8, 4) is 6.07 Å². The molecule has 7 nitrogen and oxygen atoms in total. The van der Waals surface area contributed by atoms with Gasteiger partial charge in [-0.1, -0.05) is 53.4 Å². The van der Waals surface area contributed by atoms with Gasteiger partial charge in [-0.15, -0.1) is 0 Å². The number of nitrogens with zero attached hydrogens (tertiary/aromatic N) is 2. The molecule has 2 rings (SSSR count). The van der Waals surface area contributed by atoms with Crippen molar-refractivity contribution in [1.29, 1.82) is 5.26 Å². The summed E-state index contributed by atoms with van der Waals surface area (Å²) >= 11 is 2.68. The first-order valence-corrected chi connectivity index (χ1v) is 9.50. The van der Waals surface area contributed by atoms with Crippen molar-refractivity contribution >= 4 is 40.2 Å². The predicted molar refractivity (Wildman–Crippen MR) is 101 cm³/mol. The summed E-state index contributed by atoms with van der Waals surface area (Å²) in [6, 6.07) is 10.6. The van der Waals surface area contributed by atoms with Crippen LogP contribution < -0.4 is 10.6 Å². The summed E-state index contributed by atoms with van der Waals surface area (Å²) in [6.45, 7) is 1.82. The van der Waals surface area contributed by atoms with Gasteiger partial charge in [0, 0.05) is 6.42 Å². The van der Waals surface area contributed by atoms with E-state index < -0.39 is 12.1 Å². The first kappa shape index (κ1) is 19.8. The third-order valence-electron chi connectivity index (χ3n) is 3.33. The molecule has 0 fully saturated rings. The Bertz CT molecular complexity index is 802. The minimum atomic E-state index is -0.802. The normalized spacial score (nSPS) is 11.3. The number of aromatic nitrogens is 1. The van der Waals surface area contributed by atoms with Crippen molar-refractivity contribution in [1.82, 2.24) is 10.3 Å². The van der Waals surface area contributed by atoms with Gasteiger partial charge < -0.3 is 15.4 Å². The Balaban J connectivity index is 2.10. The second-order valence-electron chi connectivity index (χ2n) is 5.21. The zero-order chi connectivity index (χ0) is 18.9. The molecule has 0 aliphatic rings. The van der Waals surface area contributed by atoms with Crippen molar-refractivity contribution in [2.45, 2.75) is 23.6 Å². The summed E-state index contributed by atoms with van der Waals surface area (Å²) in [5.74, 6) is -0.0680. The number of hydrogen-bond acceptors (Lipinski definition) is 7. The number of nitrogens with one attached hydrogen (secondary N) is 2. The van der Waals surface area contributed by atoms with E-state index in [0.717, 1.165) is 15.5 Å². The molecule has 0 radical (unpaired) electrons. The van der Waals surface area contributed by atoms with Crippen molar-refractivity contribution in [2.75, 3.05) is 18.2 Å². The van der Waals surface area contributed by atoms with Crippen molar-refractivity contribution < 1.29 is 14.3 Å². The average Bonchev–Trinajstić information content (AvgIpc) is 2.99. The van der Waals surface area contributed by atoms with Crippen LogP contribution in [0.25, 0.3) is 0 Å². The quantitative estimate of drug-likeness (QED) is 0.705. The molecule has 26 heavy (non-hydrogen) atoms. The van der Waals surface area contributed by atoms with Crippen molar-refractivity contribution in [2.24, 2.45) is 0 Å². The van der Waals surface area contributed by atoms with E-state index in [-0.39, 0.29) is 5.91 Å². The largest absolute Gasteiger partial charge is 0.453 e. The number of hydrogen-bond donors (Lipinski definition) is 2. The Kier molecular flexibility index (Phi) is 7.44. The third-order valence-corrected chi connectivity index (χ3v) is 5.63. The smallest absolute Gasteiger partial charge is 0.407 e. The van der Waals surface area contributed by atoms with Crippen LogP contribution in [-0.2, 0) is 16.0 Å². The van der Waals surface area contributed by atoms with Gasteiger partial charge in [-0.25, -0.2) is 9.78 Å². The van der Waals surface area contributed by atoms with Gasteiger partial charge in [-0.3, -0.25) is 4.79 Å². The monoisotopic (exact) mass is 390 g/mol. The van der Waals surface area contributed by atoms with Gasteiger partial charge in [-0.2, -0.15) is 5.26 Å². The van der Waals surface area contributed by atoms with E-state index in [9.17, 15) is 9.59 Å². The maximum Gasteiger partial charge on any atom is 0.407 e. The van der Waals surface area contributed by atoms with Crippen LogP contribution in [0, 0.1) is 18.3 Å². The lowest BCUT2D eigenvalue weighted by Gasteiger charge is -2.17. The molecule has 0 aliphatic heterocycles. The number of carbonyl (C=O) groups excluding carboxylic acids is 2. The van der Waals surface area contributed by atoms with Crippen LogP contribution in [-0.4, -0.2) is 35.9 Å². The van der Waals surface area contributed by atoms with E-state index in [0.29, 0.717) is 17.3 Å². The van der Waals surface area contributed by atoms with Crippen LogP contribution in [0.5, 0.6) is 0 Å². The third kappa shape index (κ3) is 5.75. The highest BCUT2D eigenvalue weighted by molar-refractivity contribution is 8.01. The molecular weight excluding hydrogens is 372 g/mol. The van der Waals surface area contributed by atoms with Gasteiger partial charge >= 0.3 is 6.09 Å². The molecule has 136 valence electrons. The number of amides is 2. The lowest BCUT2D eigenvalue weighted by atomic mass is 10.1. The maximum absolute atomic E-state index is 12.6. The van der Waals surface area contributed by atoms with Gasteiger partial charge in [0.25, 0.3) is 0 Å². The van der Waals surface area contributed by atoms with E-state index in [1.54, 1.807) is 0 Å². The second kappa shape index (κ2) is 9.79. The molecule has 1 heterocycles. The summed E-state index contributed by atoms with van der Waals surface area (Å²) < 4.78 is 5.49. The molecule has 1 unspecified atom stereocenters. The van der Waals surface area contributed by atoms with E-state index in [2.05, 4.69) is 26.4 Å². The Morgan fingerprint density at radius 2 is 2.12 bits per heavy atom. The van der Waals surface area contributed by atoms with Gasteiger partial charge in [0.1, 0.15) is 6.04 Å². The number of alkyl carbamates (subject to hydrolysis) is 1. The first-order chi connectivity index (χ1) is 12.5. The van der Waals surface area contributed by atoms with Crippen LogP contribution in [0.4, 0.5) is 9.93 Å². The van der Waals surface area contributed by atoms with Crippen molar-refractivity contribution in [3.63, 3.8) is 0 Å². The molecule has 0 aliphatic carbocycles. The number of nitriles is 1. The number of rotatable bonds is 7. The topological polar surface area (TPSA) is 104 Å². The van der Waals surface area contributed by atoms with E-state index in [4.69, 9.17) is 5.26 Å². The molecule has 2 aromatic rings. The Labute approximate surface area is 159 Å². The Morgan fingerprint density at radius 3 is 2.77 bits per heavy atom. The number of benzene rings is 1. The van der Waals surface area contributed by atoms with Crippen LogP contribution in [0.15, 0.2) is 34.5 Å². The molecule has 0 saturated carbocycles. The van der Waals surface area contributed by atoms with Crippen LogP contribution >= 0.6 is 23.1 Å². The molecule has 0 spiro atoms. The van der Waals surface area contributed by atoms with Crippen molar-refractivity contribution in [3.05, 3.63) is 41.6 Å². The lowest BCUT2D eigenvalue weighted by Crippen LogP contribution is -2.45. The summed E-state index contributed by atoms with van der Waals surface area (Å²) in [4.78, 5) is 28.5. The van der Waals surface area contributed by atoms with Gasteiger partial charge in [0.05, 0.1) is 28.8 Å². The molecule has 1 atom stereocenters. The number of thiazole rings is 1. The Morgan fingerprint density at radius 1 is 1.38 bits per heavy atom. The zero-order valence-electron chi connectivity index (χ0n) is 14.3. The summed E-state index contributed by atoms with van der Waals surface area (Å²) in [7, 11) is 1.25. The number of aryl methyl sites for hydroxylation is 1. The fraction of sp³-hybridized carbons (Fsp3) is 0.294. The Hall–Kier alpha value is -2.57. The average molecular weight is 390 g/mol. The molecule has 9 heteroatoms. The summed E-state index contributed by atoms with van der Waals surface area (Å²) in [5.41, 5.74) is 1.66. The van der Waals surface area contributed by atoms with E-state index in [1.165, 1.54) is 30.2 Å². The number of ether oxygens (including phenoxy) is 1. The molecule has 2 amide bonds. The fourth-order valence-electron chi connectivity index (χ4n) is 2.12. The minimum Gasteiger partial charge on any atom is -0.453 e. The van der Waals surface area contributed by atoms with Crippen LogP contribution in [0.2, 0.25) is 0 Å². The van der Waals surface area contributed by atoms with Gasteiger partial charge in [0.15, 0.2) is 5.13 Å². The maximum atomic E-state index is 12.6. The molecular formula is C17H18N4O3S2. The van der Waals surface area contributed by atoms with Gasteiger partial charge in [-0.05, 0) is 12.5 Å². The number of thioether (sulfide) groups is 1. The number of anilines is 1. The van der Waals surface area contributed by atoms with Crippen LogP contribution in [0.3, 0.4) is 0 Å². The minimum absolute atomic E-state index is 0.316. The van der Waals surface area contributed by atoms with Crippen LogP contribution in [0.1, 0.15) is 11.3 Å². The lowest BCUT2D eigenvalue weighted by molar-refractivity contribution is -0.118. The zero-order valence-corrected chi connectivity index (χ0v) is 15.9. The molecule has 1 aromatic carbocycles. The highest BCUT2D eigenvalue weighted by atomic mass is 32.2. The molecule has 1 aromatic heterocycles. The van der Waals surface area contributed by atoms with E-state index >= 15 is 0 Å². The summed E-state index contributed by atoms with van der Waals surface area (Å²) in [5, 5.41) is 14.4. The SMILES string of the molecule is COC(=O)NC(Cc1ccccc1)C(=O)Nc1nc(C)c(SCC#N)s1. The number of carbonyl (C=O) groups is 2. The number of methoxy groups -OCH3 is 1. The highest BCUT2D eigenvalue weighted by Gasteiger charge is 2.23. The molecule has 0 saturated heterocycles. The fourth-order valence-corrected chi connectivity index (χ4v) is 3.92. The molecule has 2 N–H and O–H groups in total. The molecule has 0 bridgehead atoms.